The Morgan fingerprint density at radius 3 is 2.59 bits per heavy atom. The van der Waals surface area contributed by atoms with Crippen LogP contribution in [0.3, 0.4) is 0 Å². The Morgan fingerprint density at radius 1 is 1.03 bits per heavy atom. The van der Waals surface area contributed by atoms with Crippen LogP contribution in [-0.2, 0) is 4.79 Å². The number of aromatic nitrogens is 2. The Kier molecular flexibility index (Phi) is 7.14. The van der Waals surface area contributed by atoms with Crippen LogP contribution in [0.1, 0.15) is 0 Å². The molecule has 1 aromatic heterocycles. The van der Waals surface area contributed by atoms with Gasteiger partial charge >= 0.3 is 0 Å². The lowest BCUT2D eigenvalue weighted by Crippen LogP contribution is -2.14. The van der Waals surface area contributed by atoms with E-state index in [1.807, 2.05) is 24.3 Å². The van der Waals surface area contributed by atoms with Crippen LogP contribution < -0.4 is 24.8 Å². The molecule has 0 unspecified atom stereocenters. The summed E-state index contributed by atoms with van der Waals surface area (Å²) in [4.78, 5) is 12.3. The predicted octanol–water partition coefficient (Wildman–Crippen LogP) is 4.04. The number of hydrogen-bond donors (Lipinski definition) is 2. The minimum Gasteiger partial charge on any atom is -0.497 e. The van der Waals surface area contributed by atoms with Crippen molar-refractivity contribution in [2.24, 2.45) is 0 Å². The molecule has 1 amide bonds. The average Bonchev–Trinajstić information content (AvgIpc) is 3.19. The highest BCUT2D eigenvalue weighted by atomic mass is 32.2. The Hall–Kier alpha value is -2.98. The monoisotopic (exact) mass is 432 g/mol. The van der Waals surface area contributed by atoms with Gasteiger partial charge in [0.1, 0.15) is 17.2 Å². The average molecular weight is 433 g/mol. The number of thioether (sulfide) groups is 1. The van der Waals surface area contributed by atoms with Crippen molar-refractivity contribution in [2.75, 3.05) is 37.7 Å². The van der Waals surface area contributed by atoms with Crippen molar-refractivity contribution in [2.45, 2.75) is 4.34 Å². The van der Waals surface area contributed by atoms with E-state index in [0.717, 1.165) is 11.4 Å². The van der Waals surface area contributed by atoms with E-state index in [1.54, 1.807) is 39.5 Å². The summed E-state index contributed by atoms with van der Waals surface area (Å²) in [7, 11) is 4.73. The lowest BCUT2D eigenvalue weighted by molar-refractivity contribution is -0.113. The predicted molar refractivity (Wildman–Crippen MR) is 115 cm³/mol. The molecule has 8 nitrogen and oxygen atoms in total. The molecule has 0 saturated carbocycles. The standard InChI is InChI=1S/C19H20N4O4S2/c1-25-13-6-4-5-12(9-13)20-18-22-23-19(29-18)28-11-17(24)21-15-10-14(26-2)7-8-16(15)27-3/h4-10H,11H2,1-3H3,(H,20,22)(H,21,24). The number of carbonyl (C=O) groups is 1. The van der Waals surface area contributed by atoms with Gasteiger partial charge in [-0.05, 0) is 24.3 Å². The summed E-state index contributed by atoms with van der Waals surface area (Å²) in [6.07, 6.45) is 0. The van der Waals surface area contributed by atoms with E-state index in [4.69, 9.17) is 14.2 Å². The van der Waals surface area contributed by atoms with Crippen molar-refractivity contribution in [3.8, 4) is 17.2 Å². The third-order valence-corrected chi connectivity index (χ3v) is 5.71. The van der Waals surface area contributed by atoms with E-state index in [2.05, 4.69) is 20.8 Å². The zero-order valence-electron chi connectivity index (χ0n) is 16.1. The van der Waals surface area contributed by atoms with Crippen LogP contribution in [0.5, 0.6) is 17.2 Å². The number of hydrogen-bond acceptors (Lipinski definition) is 9. The van der Waals surface area contributed by atoms with Crippen molar-refractivity contribution >= 4 is 45.5 Å². The maximum atomic E-state index is 12.3. The van der Waals surface area contributed by atoms with E-state index in [-0.39, 0.29) is 11.7 Å². The van der Waals surface area contributed by atoms with E-state index >= 15 is 0 Å². The Morgan fingerprint density at radius 2 is 1.83 bits per heavy atom. The van der Waals surface area contributed by atoms with Crippen molar-refractivity contribution < 1.29 is 19.0 Å². The highest BCUT2D eigenvalue weighted by Crippen LogP contribution is 2.31. The van der Waals surface area contributed by atoms with E-state index in [1.165, 1.54) is 23.1 Å². The van der Waals surface area contributed by atoms with Gasteiger partial charge in [-0.15, -0.1) is 10.2 Å². The number of benzene rings is 2. The number of methoxy groups -OCH3 is 3. The molecule has 0 aliphatic heterocycles. The van der Waals surface area contributed by atoms with E-state index in [0.29, 0.717) is 26.7 Å². The number of nitrogens with one attached hydrogen (secondary N) is 2. The van der Waals surface area contributed by atoms with Gasteiger partial charge in [-0.1, -0.05) is 29.2 Å². The van der Waals surface area contributed by atoms with Gasteiger partial charge in [-0.3, -0.25) is 4.79 Å². The third kappa shape index (κ3) is 5.75. The van der Waals surface area contributed by atoms with Gasteiger partial charge in [0, 0.05) is 17.8 Å². The summed E-state index contributed by atoms with van der Waals surface area (Å²) in [6, 6.07) is 12.7. The molecule has 0 saturated heterocycles. The van der Waals surface area contributed by atoms with Crippen LogP contribution in [0, 0.1) is 0 Å². The molecule has 152 valence electrons. The zero-order valence-corrected chi connectivity index (χ0v) is 17.7. The molecular formula is C19H20N4O4S2. The second kappa shape index (κ2) is 9.99. The molecule has 0 aliphatic carbocycles. The fourth-order valence-corrected chi connectivity index (χ4v) is 3.94. The highest BCUT2D eigenvalue weighted by Gasteiger charge is 2.12. The Balaban J connectivity index is 1.56. The van der Waals surface area contributed by atoms with Crippen LogP contribution in [0.15, 0.2) is 46.8 Å². The van der Waals surface area contributed by atoms with E-state index < -0.39 is 0 Å². The fraction of sp³-hybridized carbons (Fsp3) is 0.211. The van der Waals surface area contributed by atoms with Gasteiger partial charge < -0.3 is 24.8 Å². The van der Waals surface area contributed by atoms with Gasteiger partial charge in [-0.2, -0.15) is 0 Å². The molecule has 0 spiro atoms. The van der Waals surface area contributed by atoms with Gasteiger partial charge in [0.25, 0.3) is 0 Å². The molecule has 0 fully saturated rings. The first-order valence-corrected chi connectivity index (χ1v) is 10.3. The summed E-state index contributed by atoms with van der Waals surface area (Å²) >= 11 is 2.67. The van der Waals surface area contributed by atoms with Crippen molar-refractivity contribution in [3.63, 3.8) is 0 Å². The Bertz CT molecular complexity index is 980. The lowest BCUT2D eigenvalue weighted by atomic mass is 10.2. The first-order chi connectivity index (χ1) is 14.1. The summed E-state index contributed by atoms with van der Waals surface area (Å²) < 4.78 is 16.3. The van der Waals surface area contributed by atoms with Crippen molar-refractivity contribution in [1.82, 2.24) is 10.2 Å². The molecule has 2 N–H and O–H groups in total. The lowest BCUT2D eigenvalue weighted by Gasteiger charge is -2.11. The van der Waals surface area contributed by atoms with Crippen LogP contribution in [-0.4, -0.2) is 43.2 Å². The number of amides is 1. The summed E-state index contributed by atoms with van der Waals surface area (Å²) in [5.74, 6) is 1.95. The molecule has 0 bridgehead atoms. The normalized spacial score (nSPS) is 10.3. The second-order valence-electron chi connectivity index (χ2n) is 5.63. The summed E-state index contributed by atoms with van der Waals surface area (Å²) in [6.45, 7) is 0. The fourth-order valence-electron chi connectivity index (χ4n) is 2.37. The van der Waals surface area contributed by atoms with Crippen LogP contribution in [0.2, 0.25) is 0 Å². The summed E-state index contributed by atoms with van der Waals surface area (Å²) in [5.41, 5.74) is 1.40. The zero-order chi connectivity index (χ0) is 20.6. The van der Waals surface area contributed by atoms with Crippen LogP contribution in [0.25, 0.3) is 0 Å². The minimum atomic E-state index is -0.181. The highest BCUT2D eigenvalue weighted by molar-refractivity contribution is 8.01. The number of carbonyl (C=O) groups excluding carboxylic acids is 1. The molecule has 0 aliphatic rings. The SMILES string of the molecule is COc1cccc(Nc2nnc(SCC(=O)Nc3cc(OC)ccc3OC)s2)c1. The number of nitrogens with zero attached hydrogens (tertiary/aromatic N) is 2. The largest absolute Gasteiger partial charge is 0.497 e. The molecule has 29 heavy (non-hydrogen) atoms. The molecule has 1 heterocycles. The van der Waals surface area contributed by atoms with Gasteiger partial charge in [0.2, 0.25) is 11.0 Å². The second-order valence-corrected chi connectivity index (χ2v) is 7.83. The molecule has 2 aromatic carbocycles. The van der Waals surface area contributed by atoms with E-state index in [9.17, 15) is 4.79 Å². The van der Waals surface area contributed by atoms with Crippen LogP contribution >= 0.6 is 23.1 Å². The number of ether oxygens (including phenoxy) is 3. The Labute approximate surface area is 176 Å². The van der Waals surface area contributed by atoms with Crippen molar-refractivity contribution in [1.29, 1.82) is 0 Å². The van der Waals surface area contributed by atoms with Gasteiger partial charge in [0.15, 0.2) is 4.34 Å². The molecule has 3 rings (SSSR count). The maximum Gasteiger partial charge on any atom is 0.234 e. The topological polar surface area (TPSA) is 94.6 Å². The molecule has 0 atom stereocenters. The number of anilines is 3. The minimum absolute atomic E-state index is 0.181. The first-order valence-electron chi connectivity index (χ1n) is 8.50. The summed E-state index contributed by atoms with van der Waals surface area (Å²) in [5, 5.41) is 14.9. The quantitative estimate of drug-likeness (QED) is 0.489. The molecular weight excluding hydrogens is 412 g/mol. The van der Waals surface area contributed by atoms with Gasteiger partial charge in [0.05, 0.1) is 32.8 Å². The third-order valence-electron chi connectivity index (χ3n) is 3.73. The van der Waals surface area contributed by atoms with Crippen molar-refractivity contribution in [3.05, 3.63) is 42.5 Å². The van der Waals surface area contributed by atoms with Gasteiger partial charge in [-0.25, -0.2) is 0 Å². The molecule has 0 radical (unpaired) electrons. The smallest absolute Gasteiger partial charge is 0.234 e. The number of rotatable bonds is 9. The first kappa shape index (κ1) is 20.7. The van der Waals surface area contributed by atoms with Crippen LogP contribution in [0.4, 0.5) is 16.5 Å². The molecule has 3 aromatic rings. The maximum absolute atomic E-state index is 12.3. The molecule has 10 heteroatoms.